The lowest BCUT2D eigenvalue weighted by molar-refractivity contribution is 0.0845. The molecule has 0 spiro atoms. The molecular weight excluding hydrogens is 418 g/mol. The van der Waals surface area contributed by atoms with E-state index in [2.05, 4.69) is 5.32 Å². The van der Waals surface area contributed by atoms with Crippen molar-refractivity contribution in [2.45, 2.75) is 11.8 Å². The maximum atomic E-state index is 11.6. The van der Waals surface area contributed by atoms with Crippen LogP contribution in [0.1, 0.15) is 26.3 Å². The van der Waals surface area contributed by atoms with Crippen molar-refractivity contribution in [2.75, 3.05) is 0 Å². The molecule has 0 saturated heterocycles. The average molecular weight is 433 g/mol. The van der Waals surface area contributed by atoms with E-state index in [0.29, 0.717) is 11.1 Å². The van der Waals surface area contributed by atoms with Gasteiger partial charge in [0, 0.05) is 16.5 Å². The van der Waals surface area contributed by atoms with Crippen LogP contribution in [0.15, 0.2) is 65.6 Å². The first-order chi connectivity index (χ1) is 13.5. The highest BCUT2D eigenvalue weighted by atomic mass is 33.2. The predicted molar refractivity (Wildman–Crippen MR) is 106 cm³/mol. The van der Waals surface area contributed by atoms with E-state index in [4.69, 9.17) is 4.55 Å². The Morgan fingerprint density at radius 3 is 1.69 bits per heavy atom. The van der Waals surface area contributed by atoms with Gasteiger partial charge in [-0.1, -0.05) is 42.0 Å². The van der Waals surface area contributed by atoms with E-state index in [1.54, 1.807) is 19.1 Å². The van der Waals surface area contributed by atoms with Crippen molar-refractivity contribution in [1.82, 2.24) is 5.32 Å². The molecule has 0 aromatic heterocycles. The minimum Gasteiger partial charge on any atom is -0.288 e. The van der Waals surface area contributed by atoms with E-state index >= 15 is 0 Å². The third-order valence-corrected chi connectivity index (χ3v) is 7.85. The Balaban J connectivity index is 0.000000166. The van der Waals surface area contributed by atoms with E-state index in [1.807, 2.05) is 24.3 Å². The number of hydrogen-bond acceptors (Lipinski definition) is 6. The fraction of sp³-hybridized carbons (Fsp3) is 0.0526. The van der Waals surface area contributed by atoms with Gasteiger partial charge in [-0.25, -0.2) is 8.42 Å². The molecule has 0 saturated carbocycles. The lowest BCUT2D eigenvalue weighted by Gasteiger charge is -2.15. The van der Waals surface area contributed by atoms with E-state index in [-0.39, 0.29) is 11.8 Å². The topological polar surface area (TPSA) is 135 Å². The van der Waals surface area contributed by atoms with Gasteiger partial charge >= 0.3 is 18.0 Å². The summed E-state index contributed by atoms with van der Waals surface area (Å²) in [6, 6.07) is 16.0. The molecule has 3 aromatic rings. The zero-order valence-electron chi connectivity index (χ0n) is 15.0. The summed E-state index contributed by atoms with van der Waals surface area (Å²) in [5.41, 5.74) is 1.93. The van der Waals surface area contributed by atoms with Crippen LogP contribution in [0, 0.1) is 6.92 Å². The zero-order valence-corrected chi connectivity index (χ0v) is 16.6. The second-order valence-corrected chi connectivity index (χ2v) is 11.0. The molecule has 0 bridgehead atoms. The second-order valence-electron chi connectivity index (χ2n) is 6.19. The van der Waals surface area contributed by atoms with Crippen LogP contribution in [-0.2, 0) is 18.0 Å². The Labute approximate surface area is 166 Å². The van der Waals surface area contributed by atoms with Gasteiger partial charge in [-0.05, 0) is 36.6 Å². The Kier molecular flexibility index (Phi) is 5.26. The van der Waals surface area contributed by atoms with Crippen molar-refractivity contribution in [1.29, 1.82) is 0 Å². The highest BCUT2D eigenvalue weighted by Gasteiger charge is 2.29. The van der Waals surface area contributed by atoms with E-state index in [9.17, 15) is 26.4 Å². The largest absolute Gasteiger partial charge is 0.377 e. The van der Waals surface area contributed by atoms with Crippen molar-refractivity contribution in [2.24, 2.45) is 0 Å². The lowest BCUT2D eigenvalue weighted by atomic mass is 9.95. The maximum Gasteiger partial charge on any atom is 0.377 e. The number of benzene rings is 3. The number of carbonyl (C=O) groups is 2. The molecule has 8 nitrogen and oxygen atoms in total. The van der Waals surface area contributed by atoms with Crippen molar-refractivity contribution in [3.63, 3.8) is 0 Å². The molecule has 0 fully saturated rings. The molecule has 0 aliphatic carbocycles. The predicted octanol–water partition coefficient (Wildman–Crippen LogP) is 2.29. The van der Waals surface area contributed by atoms with Gasteiger partial charge in [0.15, 0.2) is 0 Å². The monoisotopic (exact) mass is 433 g/mol. The van der Waals surface area contributed by atoms with Gasteiger partial charge in [0.25, 0.3) is 11.8 Å². The number of aryl methyl sites for hydroxylation is 1. The molecule has 10 heteroatoms. The molecule has 1 aliphatic heterocycles. The molecule has 4 rings (SSSR count). The fourth-order valence-corrected chi connectivity index (χ4v) is 4.56. The van der Waals surface area contributed by atoms with E-state index in [1.165, 1.54) is 12.1 Å². The summed E-state index contributed by atoms with van der Waals surface area (Å²) in [5.74, 6) is -0.631. The van der Waals surface area contributed by atoms with Crippen molar-refractivity contribution >= 4 is 40.6 Å². The molecule has 3 aromatic carbocycles. The molecule has 29 heavy (non-hydrogen) atoms. The highest BCUT2D eigenvalue weighted by molar-refractivity contribution is 8.64. The number of hydrogen-bond donors (Lipinski definition) is 2. The normalized spacial score (nSPS) is 13.4. The summed E-state index contributed by atoms with van der Waals surface area (Å²) in [4.78, 5) is 22.7. The first-order valence-corrected chi connectivity index (χ1v) is 11.6. The Morgan fingerprint density at radius 1 is 0.759 bits per heavy atom. The van der Waals surface area contributed by atoms with Gasteiger partial charge in [-0.2, -0.15) is 8.42 Å². The van der Waals surface area contributed by atoms with E-state index < -0.39 is 22.9 Å². The summed E-state index contributed by atoms with van der Waals surface area (Å²) >= 11 is 0. The summed E-state index contributed by atoms with van der Waals surface area (Å²) in [6.45, 7) is 1.73. The maximum absolute atomic E-state index is 11.6. The van der Waals surface area contributed by atoms with Crippen LogP contribution in [0.2, 0.25) is 0 Å². The average Bonchev–Trinajstić information content (AvgIpc) is 2.66. The van der Waals surface area contributed by atoms with Crippen LogP contribution in [-0.4, -0.2) is 33.2 Å². The lowest BCUT2D eigenvalue weighted by Crippen LogP contribution is -2.34. The van der Waals surface area contributed by atoms with Gasteiger partial charge in [-0.3, -0.25) is 19.5 Å². The first kappa shape index (κ1) is 20.6. The van der Waals surface area contributed by atoms with E-state index in [0.717, 1.165) is 28.5 Å². The second kappa shape index (κ2) is 7.39. The number of imide groups is 1. The molecule has 0 atom stereocenters. The first-order valence-electron chi connectivity index (χ1n) is 8.19. The van der Waals surface area contributed by atoms with Gasteiger partial charge in [0.2, 0.25) is 0 Å². The van der Waals surface area contributed by atoms with Crippen molar-refractivity contribution in [3.8, 4) is 0 Å². The number of carbonyl (C=O) groups excluding carboxylic acids is 2. The SMILES string of the molecule is Cc1ccc(S(=O)(=O)S(=O)(=O)O)cc1.O=C1NC(=O)c2cccc3cccc1c23. The molecule has 1 heterocycles. The summed E-state index contributed by atoms with van der Waals surface area (Å²) in [7, 11) is -9.76. The number of nitrogens with one attached hydrogen (secondary N) is 1. The van der Waals surface area contributed by atoms with Crippen molar-refractivity contribution in [3.05, 3.63) is 77.4 Å². The molecule has 0 unspecified atom stereocenters. The molecule has 1 aliphatic rings. The standard InChI is InChI=1S/C12H7NO2.C7H8O5S2/c14-11-8-5-1-3-7-4-2-6-9(10(7)8)12(15)13-11;1-6-2-4-7(5-3-6)13(8,9)14(10,11)12/h1-6H,(H,13,14,15);2-5H,1H3,(H,10,11,12). The van der Waals surface area contributed by atoms with Crippen LogP contribution in [0.3, 0.4) is 0 Å². The fourth-order valence-electron chi connectivity index (χ4n) is 2.78. The molecule has 2 amide bonds. The third-order valence-electron chi connectivity index (χ3n) is 4.21. The Hall–Kier alpha value is -3.08. The third kappa shape index (κ3) is 3.90. The minimum atomic E-state index is -5.10. The molecule has 150 valence electrons. The van der Waals surface area contributed by atoms with Crippen LogP contribution >= 0.6 is 0 Å². The van der Waals surface area contributed by atoms with Gasteiger partial charge < -0.3 is 0 Å². The minimum absolute atomic E-state index is 0.315. The number of rotatable bonds is 2. The summed E-state index contributed by atoms with van der Waals surface area (Å²) in [6.07, 6.45) is 0. The Bertz CT molecular complexity index is 1290. The van der Waals surface area contributed by atoms with Crippen molar-refractivity contribution < 1.29 is 31.0 Å². The van der Waals surface area contributed by atoms with Crippen LogP contribution in [0.4, 0.5) is 0 Å². The molecule has 2 N–H and O–H groups in total. The smallest absolute Gasteiger partial charge is 0.288 e. The number of amides is 2. The van der Waals surface area contributed by atoms with Gasteiger partial charge in [-0.15, -0.1) is 0 Å². The molecular formula is C19H15NO7S2. The van der Waals surface area contributed by atoms with Gasteiger partial charge in [0.05, 0.1) is 4.90 Å². The quantitative estimate of drug-likeness (QED) is 0.360. The van der Waals surface area contributed by atoms with Crippen LogP contribution in [0.5, 0.6) is 0 Å². The Morgan fingerprint density at radius 2 is 1.24 bits per heavy atom. The van der Waals surface area contributed by atoms with Crippen LogP contribution in [0.25, 0.3) is 10.8 Å². The molecule has 0 radical (unpaired) electrons. The highest BCUT2D eigenvalue weighted by Crippen LogP contribution is 2.25. The van der Waals surface area contributed by atoms with Gasteiger partial charge in [0.1, 0.15) is 0 Å². The zero-order chi connectivity index (χ0) is 21.4. The summed E-state index contributed by atoms with van der Waals surface area (Å²) < 4.78 is 51.7. The summed E-state index contributed by atoms with van der Waals surface area (Å²) in [5, 5.41) is 4.00. The van der Waals surface area contributed by atoms with Crippen LogP contribution < -0.4 is 5.32 Å².